The highest BCUT2D eigenvalue weighted by atomic mass is 19.1. The minimum Gasteiger partial charge on any atom is -0.469 e. The van der Waals surface area contributed by atoms with Gasteiger partial charge >= 0.3 is 5.97 Å². The number of likely N-dealkylation sites (tertiary alicyclic amines) is 1. The van der Waals surface area contributed by atoms with Gasteiger partial charge in [0.1, 0.15) is 11.6 Å². The quantitative estimate of drug-likeness (QED) is 0.748. The van der Waals surface area contributed by atoms with Gasteiger partial charge in [-0.1, -0.05) is 6.07 Å². The van der Waals surface area contributed by atoms with Gasteiger partial charge in [0.25, 0.3) is 0 Å². The Morgan fingerprint density at radius 3 is 2.79 bits per heavy atom. The second-order valence-corrected chi connectivity index (χ2v) is 6.20. The molecule has 0 unspecified atom stereocenters. The maximum atomic E-state index is 13.7. The monoisotopic (exact) mass is 339 g/mol. The molecule has 1 aliphatic rings. The largest absolute Gasteiger partial charge is 0.469 e. The maximum Gasteiger partial charge on any atom is 0.306 e. The number of hydrogen-bond donors (Lipinski definition) is 0. The van der Waals surface area contributed by atoms with Crippen molar-refractivity contribution in [2.45, 2.75) is 38.5 Å². The summed E-state index contributed by atoms with van der Waals surface area (Å²) in [6, 6.07) is 3.65. The van der Waals surface area contributed by atoms with Crippen LogP contribution < -0.4 is 0 Å². The number of piperidine rings is 1. The molecule has 1 fully saturated rings. The summed E-state index contributed by atoms with van der Waals surface area (Å²) < 4.78 is 31.1. The molecule has 1 aliphatic heterocycles. The predicted octanol–water partition coefficient (Wildman–Crippen LogP) is 3.09. The van der Waals surface area contributed by atoms with Crippen LogP contribution in [0.2, 0.25) is 0 Å². The number of hydrogen-bond acceptors (Lipinski definition) is 3. The number of halogens is 2. The van der Waals surface area contributed by atoms with E-state index < -0.39 is 11.6 Å². The van der Waals surface area contributed by atoms with Crippen LogP contribution in [0.1, 0.15) is 37.7 Å². The molecule has 1 heterocycles. The summed E-state index contributed by atoms with van der Waals surface area (Å²) in [5.74, 6) is -1.22. The standard InChI is InChI=1S/C18H23F2NO3/c1-24-18(23)9-8-17(22)21-10-2-3-13(12-21)4-5-14-6-7-15(19)11-16(14)20/h6-7,11,13H,2-5,8-10,12H2,1H3/t13-/m0/s1. The van der Waals surface area contributed by atoms with Gasteiger partial charge in [-0.05, 0) is 43.2 Å². The minimum absolute atomic E-state index is 0.0435. The summed E-state index contributed by atoms with van der Waals surface area (Å²) in [6.45, 7) is 1.32. The lowest BCUT2D eigenvalue weighted by molar-refractivity contribution is -0.144. The Labute approximate surface area is 140 Å². The molecule has 24 heavy (non-hydrogen) atoms. The lowest BCUT2D eigenvalue weighted by Gasteiger charge is -2.33. The van der Waals surface area contributed by atoms with Crippen LogP contribution in [0, 0.1) is 17.6 Å². The van der Waals surface area contributed by atoms with E-state index in [1.165, 1.54) is 19.2 Å². The van der Waals surface area contributed by atoms with Crippen LogP contribution in [0.25, 0.3) is 0 Å². The molecule has 2 rings (SSSR count). The van der Waals surface area contributed by atoms with Crippen molar-refractivity contribution in [3.05, 3.63) is 35.4 Å². The van der Waals surface area contributed by atoms with Gasteiger partial charge in [-0.25, -0.2) is 8.78 Å². The van der Waals surface area contributed by atoms with E-state index in [2.05, 4.69) is 4.74 Å². The minimum atomic E-state index is -0.573. The van der Waals surface area contributed by atoms with Gasteiger partial charge in [0.05, 0.1) is 13.5 Å². The number of benzene rings is 1. The van der Waals surface area contributed by atoms with E-state index in [1.54, 1.807) is 4.90 Å². The fourth-order valence-corrected chi connectivity index (χ4v) is 3.08. The Balaban J connectivity index is 1.82. The van der Waals surface area contributed by atoms with Crippen molar-refractivity contribution in [3.63, 3.8) is 0 Å². The molecular formula is C18H23F2NO3. The molecule has 1 amide bonds. The van der Waals surface area contributed by atoms with Gasteiger partial charge < -0.3 is 9.64 Å². The molecule has 0 aliphatic carbocycles. The van der Waals surface area contributed by atoms with Crippen LogP contribution in [0.3, 0.4) is 0 Å². The first-order chi connectivity index (χ1) is 11.5. The van der Waals surface area contributed by atoms with Crippen molar-refractivity contribution in [1.29, 1.82) is 0 Å². The zero-order valence-corrected chi connectivity index (χ0v) is 13.9. The smallest absolute Gasteiger partial charge is 0.306 e. The predicted molar refractivity (Wildman–Crippen MR) is 85.2 cm³/mol. The fourth-order valence-electron chi connectivity index (χ4n) is 3.08. The van der Waals surface area contributed by atoms with E-state index in [1.807, 2.05) is 0 Å². The maximum absolute atomic E-state index is 13.7. The zero-order chi connectivity index (χ0) is 17.5. The van der Waals surface area contributed by atoms with Crippen molar-refractivity contribution in [2.75, 3.05) is 20.2 Å². The van der Waals surface area contributed by atoms with Crippen molar-refractivity contribution < 1.29 is 23.1 Å². The first-order valence-electron chi connectivity index (χ1n) is 8.28. The zero-order valence-electron chi connectivity index (χ0n) is 13.9. The molecule has 1 saturated heterocycles. The first-order valence-corrected chi connectivity index (χ1v) is 8.28. The van der Waals surface area contributed by atoms with Crippen molar-refractivity contribution in [2.24, 2.45) is 5.92 Å². The highest BCUT2D eigenvalue weighted by molar-refractivity contribution is 5.81. The molecule has 1 aromatic rings. The van der Waals surface area contributed by atoms with Gasteiger partial charge in [-0.2, -0.15) is 0 Å². The molecular weight excluding hydrogens is 316 g/mol. The van der Waals surface area contributed by atoms with E-state index in [0.29, 0.717) is 31.0 Å². The van der Waals surface area contributed by atoms with Crippen LogP contribution >= 0.6 is 0 Å². The molecule has 0 radical (unpaired) electrons. The van der Waals surface area contributed by atoms with Gasteiger partial charge in [0, 0.05) is 25.6 Å². The molecule has 0 aromatic heterocycles. The summed E-state index contributed by atoms with van der Waals surface area (Å²) in [5.41, 5.74) is 0.505. The van der Waals surface area contributed by atoms with Crippen LogP contribution in [0.15, 0.2) is 18.2 Å². The van der Waals surface area contributed by atoms with Crippen molar-refractivity contribution >= 4 is 11.9 Å². The number of methoxy groups -OCH3 is 1. The third-order valence-corrected chi connectivity index (χ3v) is 4.48. The average molecular weight is 339 g/mol. The number of rotatable bonds is 6. The first kappa shape index (κ1) is 18.4. The van der Waals surface area contributed by atoms with E-state index in [4.69, 9.17) is 0 Å². The number of aryl methyl sites for hydroxylation is 1. The van der Waals surface area contributed by atoms with Crippen LogP contribution in [-0.2, 0) is 20.7 Å². The van der Waals surface area contributed by atoms with Gasteiger partial charge in [0.15, 0.2) is 0 Å². The van der Waals surface area contributed by atoms with E-state index in [0.717, 1.165) is 25.3 Å². The second kappa shape index (κ2) is 8.76. The Hall–Kier alpha value is -1.98. The summed E-state index contributed by atoms with van der Waals surface area (Å²) in [6.07, 6.45) is 3.43. The summed E-state index contributed by atoms with van der Waals surface area (Å²) in [5, 5.41) is 0. The van der Waals surface area contributed by atoms with E-state index >= 15 is 0 Å². The Kier molecular flexibility index (Phi) is 6.70. The molecule has 0 spiro atoms. The van der Waals surface area contributed by atoms with E-state index in [9.17, 15) is 18.4 Å². The molecule has 0 bridgehead atoms. The number of nitrogens with zero attached hydrogens (tertiary/aromatic N) is 1. The Bertz CT molecular complexity index is 592. The number of amides is 1. The Morgan fingerprint density at radius 1 is 1.29 bits per heavy atom. The molecule has 1 aromatic carbocycles. The summed E-state index contributed by atoms with van der Waals surface area (Å²) in [4.78, 5) is 25.0. The van der Waals surface area contributed by atoms with Gasteiger partial charge in [-0.3, -0.25) is 9.59 Å². The lowest BCUT2D eigenvalue weighted by Crippen LogP contribution is -2.40. The molecule has 132 valence electrons. The SMILES string of the molecule is COC(=O)CCC(=O)N1CCC[C@@H](CCc2ccc(F)cc2F)C1. The van der Waals surface area contributed by atoms with Crippen molar-refractivity contribution in [3.8, 4) is 0 Å². The number of ether oxygens (including phenoxy) is 1. The molecule has 0 N–H and O–H groups in total. The van der Waals surface area contributed by atoms with Crippen LogP contribution in [0.5, 0.6) is 0 Å². The molecule has 0 saturated carbocycles. The molecule has 1 atom stereocenters. The molecule has 6 heteroatoms. The van der Waals surface area contributed by atoms with Gasteiger partial charge in [-0.15, -0.1) is 0 Å². The Morgan fingerprint density at radius 2 is 2.08 bits per heavy atom. The molecule has 4 nitrogen and oxygen atoms in total. The summed E-state index contributed by atoms with van der Waals surface area (Å²) in [7, 11) is 1.30. The van der Waals surface area contributed by atoms with E-state index in [-0.39, 0.29) is 24.7 Å². The lowest BCUT2D eigenvalue weighted by atomic mass is 9.91. The number of carbonyl (C=O) groups is 2. The topological polar surface area (TPSA) is 46.6 Å². The van der Waals surface area contributed by atoms with Crippen molar-refractivity contribution in [1.82, 2.24) is 4.90 Å². The average Bonchev–Trinajstić information content (AvgIpc) is 2.58. The third kappa shape index (κ3) is 5.28. The van der Waals surface area contributed by atoms with Gasteiger partial charge in [0.2, 0.25) is 5.91 Å². The second-order valence-electron chi connectivity index (χ2n) is 6.20. The normalized spacial score (nSPS) is 17.6. The third-order valence-electron chi connectivity index (χ3n) is 4.48. The van der Waals surface area contributed by atoms with Crippen LogP contribution in [0.4, 0.5) is 8.78 Å². The number of carbonyl (C=O) groups excluding carboxylic acids is 2. The fraction of sp³-hybridized carbons (Fsp3) is 0.556. The highest BCUT2D eigenvalue weighted by Crippen LogP contribution is 2.23. The highest BCUT2D eigenvalue weighted by Gasteiger charge is 2.24. The van der Waals surface area contributed by atoms with Crippen LogP contribution in [-0.4, -0.2) is 37.0 Å². The summed E-state index contributed by atoms with van der Waals surface area (Å²) >= 11 is 0. The number of esters is 1.